The smallest absolute Gasteiger partial charge is 0.251 e. The number of rotatable bonds is 6. The van der Waals surface area contributed by atoms with Crippen LogP contribution in [0.15, 0.2) is 42.5 Å². The van der Waals surface area contributed by atoms with Gasteiger partial charge in [0, 0.05) is 11.1 Å². The molecular weight excluding hydrogens is 336 g/mol. The Morgan fingerprint density at radius 1 is 1.15 bits per heavy atom. The zero-order valence-corrected chi connectivity index (χ0v) is 14.6. The molecule has 2 aromatic carbocycles. The van der Waals surface area contributed by atoms with Gasteiger partial charge in [-0.2, -0.15) is 0 Å². The fraction of sp³-hybridized carbons (Fsp3) is 0.263. The minimum Gasteiger partial charge on any atom is -0.496 e. The second-order valence-electron chi connectivity index (χ2n) is 5.78. The molecule has 0 spiro atoms. The highest BCUT2D eigenvalue weighted by Gasteiger charge is 2.17. The second kappa shape index (κ2) is 7.77. The molecule has 1 aliphatic rings. The van der Waals surface area contributed by atoms with Crippen LogP contribution in [0.25, 0.3) is 0 Å². The molecule has 0 radical (unpaired) electrons. The summed E-state index contributed by atoms with van der Waals surface area (Å²) in [6, 6.07) is 12.1. The SMILES string of the molecule is COc1ccccc1C(C)NC(=O)CNC(=O)c1ccc2c(c1)OCO2. The molecule has 0 bridgehead atoms. The van der Waals surface area contributed by atoms with Crippen LogP contribution < -0.4 is 24.8 Å². The van der Waals surface area contributed by atoms with Crippen LogP contribution in [0.5, 0.6) is 17.2 Å². The maximum absolute atomic E-state index is 12.2. The largest absolute Gasteiger partial charge is 0.496 e. The van der Waals surface area contributed by atoms with Crippen molar-refractivity contribution in [2.24, 2.45) is 0 Å². The minimum atomic E-state index is -0.358. The summed E-state index contributed by atoms with van der Waals surface area (Å²) in [4.78, 5) is 24.3. The molecule has 1 unspecified atom stereocenters. The average Bonchev–Trinajstić information content (AvgIpc) is 3.13. The molecule has 26 heavy (non-hydrogen) atoms. The molecule has 0 saturated carbocycles. The van der Waals surface area contributed by atoms with Crippen LogP contribution in [0.3, 0.4) is 0 Å². The van der Waals surface area contributed by atoms with E-state index in [1.165, 1.54) is 0 Å². The van der Waals surface area contributed by atoms with Gasteiger partial charge in [0.15, 0.2) is 11.5 Å². The Morgan fingerprint density at radius 2 is 1.92 bits per heavy atom. The summed E-state index contributed by atoms with van der Waals surface area (Å²) in [5, 5.41) is 5.44. The van der Waals surface area contributed by atoms with Crippen LogP contribution in [0, 0.1) is 0 Å². The van der Waals surface area contributed by atoms with Crippen molar-refractivity contribution in [1.82, 2.24) is 10.6 Å². The first-order chi connectivity index (χ1) is 12.6. The van der Waals surface area contributed by atoms with Crippen LogP contribution >= 0.6 is 0 Å². The number of methoxy groups -OCH3 is 1. The van der Waals surface area contributed by atoms with Crippen LogP contribution in [-0.2, 0) is 4.79 Å². The number of carbonyl (C=O) groups is 2. The Hall–Kier alpha value is -3.22. The third-order valence-corrected chi connectivity index (χ3v) is 4.03. The predicted octanol–water partition coefficient (Wildman–Crippen LogP) is 2.03. The number of amides is 2. The molecule has 1 aliphatic heterocycles. The van der Waals surface area contributed by atoms with E-state index in [0.29, 0.717) is 22.8 Å². The van der Waals surface area contributed by atoms with Crippen molar-refractivity contribution in [2.45, 2.75) is 13.0 Å². The summed E-state index contributed by atoms with van der Waals surface area (Å²) in [5.41, 5.74) is 1.27. The fourth-order valence-electron chi connectivity index (χ4n) is 2.69. The molecule has 136 valence electrons. The Balaban J connectivity index is 1.54. The first-order valence-corrected chi connectivity index (χ1v) is 8.18. The van der Waals surface area contributed by atoms with E-state index in [1.807, 2.05) is 31.2 Å². The van der Waals surface area contributed by atoms with Crippen LogP contribution in [0.2, 0.25) is 0 Å². The fourth-order valence-corrected chi connectivity index (χ4v) is 2.69. The summed E-state index contributed by atoms with van der Waals surface area (Å²) in [7, 11) is 1.58. The van der Waals surface area contributed by atoms with Crippen LogP contribution in [-0.4, -0.2) is 32.3 Å². The number of hydrogen-bond donors (Lipinski definition) is 2. The lowest BCUT2D eigenvalue weighted by Gasteiger charge is -2.17. The van der Waals surface area contributed by atoms with E-state index in [2.05, 4.69) is 10.6 Å². The van der Waals surface area contributed by atoms with Crippen molar-refractivity contribution < 1.29 is 23.8 Å². The lowest BCUT2D eigenvalue weighted by atomic mass is 10.1. The monoisotopic (exact) mass is 356 g/mol. The zero-order chi connectivity index (χ0) is 18.5. The first kappa shape index (κ1) is 17.6. The number of benzene rings is 2. The van der Waals surface area contributed by atoms with Crippen molar-refractivity contribution in [2.75, 3.05) is 20.4 Å². The normalized spacial score (nSPS) is 13.0. The number of carbonyl (C=O) groups excluding carboxylic acids is 2. The number of nitrogens with one attached hydrogen (secondary N) is 2. The molecule has 0 aliphatic carbocycles. The van der Waals surface area contributed by atoms with Crippen molar-refractivity contribution in [3.05, 3.63) is 53.6 Å². The summed E-state index contributed by atoms with van der Waals surface area (Å²) in [6.45, 7) is 1.87. The van der Waals surface area contributed by atoms with Crippen molar-refractivity contribution in [3.8, 4) is 17.2 Å². The molecule has 2 amide bonds. The van der Waals surface area contributed by atoms with Crippen molar-refractivity contribution >= 4 is 11.8 Å². The molecule has 7 heteroatoms. The van der Waals surface area contributed by atoms with Gasteiger partial charge in [-0.25, -0.2) is 0 Å². The number of ether oxygens (including phenoxy) is 3. The minimum absolute atomic E-state index is 0.132. The number of fused-ring (bicyclic) bond motifs is 1. The van der Waals surface area contributed by atoms with E-state index in [0.717, 1.165) is 5.56 Å². The van der Waals surface area contributed by atoms with E-state index in [1.54, 1.807) is 25.3 Å². The molecule has 2 N–H and O–H groups in total. The van der Waals surface area contributed by atoms with Crippen LogP contribution in [0.1, 0.15) is 28.9 Å². The van der Waals surface area contributed by atoms with E-state index >= 15 is 0 Å². The predicted molar refractivity (Wildman–Crippen MR) is 94.4 cm³/mol. The Labute approximate surface area is 151 Å². The molecule has 7 nitrogen and oxygen atoms in total. The quantitative estimate of drug-likeness (QED) is 0.827. The summed E-state index contributed by atoms with van der Waals surface area (Å²) in [5.74, 6) is 1.17. The maximum Gasteiger partial charge on any atom is 0.251 e. The Bertz CT molecular complexity index is 821. The molecular formula is C19H20N2O5. The molecule has 0 fully saturated rings. The summed E-state index contributed by atoms with van der Waals surface area (Å²) >= 11 is 0. The second-order valence-corrected chi connectivity index (χ2v) is 5.78. The highest BCUT2D eigenvalue weighted by Crippen LogP contribution is 2.32. The highest BCUT2D eigenvalue weighted by atomic mass is 16.7. The topological polar surface area (TPSA) is 85.9 Å². The number of hydrogen-bond acceptors (Lipinski definition) is 5. The molecule has 1 atom stereocenters. The third-order valence-electron chi connectivity index (χ3n) is 4.03. The van der Waals surface area contributed by atoms with E-state index in [-0.39, 0.29) is 31.2 Å². The van der Waals surface area contributed by atoms with Crippen molar-refractivity contribution in [3.63, 3.8) is 0 Å². The molecule has 0 saturated heterocycles. The molecule has 1 heterocycles. The van der Waals surface area contributed by atoms with Crippen LogP contribution in [0.4, 0.5) is 0 Å². The Morgan fingerprint density at radius 3 is 2.73 bits per heavy atom. The number of para-hydroxylation sites is 1. The van der Waals surface area contributed by atoms with E-state index < -0.39 is 0 Å². The average molecular weight is 356 g/mol. The van der Waals surface area contributed by atoms with Gasteiger partial charge in [-0.15, -0.1) is 0 Å². The van der Waals surface area contributed by atoms with Gasteiger partial charge < -0.3 is 24.8 Å². The maximum atomic E-state index is 12.2. The molecule has 0 aromatic heterocycles. The zero-order valence-electron chi connectivity index (χ0n) is 14.6. The third kappa shape index (κ3) is 3.88. The molecule has 3 rings (SSSR count). The van der Waals surface area contributed by atoms with Gasteiger partial charge in [0.25, 0.3) is 5.91 Å². The lowest BCUT2D eigenvalue weighted by Crippen LogP contribution is -2.38. The van der Waals surface area contributed by atoms with Gasteiger partial charge in [-0.1, -0.05) is 18.2 Å². The van der Waals surface area contributed by atoms with E-state index in [4.69, 9.17) is 14.2 Å². The van der Waals surface area contributed by atoms with Gasteiger partial charge in [0.1, 0.15) is 5.75 Å². The van der Waals surface area contributed by atoms with Gasteiger partial charge >= 0.3 is 0 Å². The summed E-state index contributed by atoms with van der Waals surface area (Å²) < 4.78 is 15.8. The lowest BCUT2D eigenvalue weighted by molar-refractivity contribution is -0.120. The van der Waals surface area contributed by atoms with E-state index in [9.17, 15) is 9.59 Å². The van der Waals surface area contributed by atoms with Crippen molar-refractivity contribution in [1.29, 1.82) is 0 Å². The molecule has 2 aromatic rings. The van der Waals surface area contributed by atoms with Gasteiger partial charge in [-0.05, 0) is 31.2 Å². The van der Waals surface area contributed by atoms with Gasteiger partial charge in [0.2, 0.25) is 12.7 Å². The van der Waals surface area contributed by atoms with Gasteiger partial charge in [-0.3, -0.25) is 9.59 Å². The highest BCUT2D eigenvalue weighted by molar-refractivity contribution is 5.97. The van der Waals surface area contributed by atoms with Gasteiger partial charge in [0.05, 0.1) is 19.7 Å². The first-order valence-electron chi connectivity index (χ1n) is 8.18. The standard InChI is InChI=1S/C19H20N2O5/c1-12(14-5-3-4-6-15(14)24-2)21-18(22)10-20-19(23)13-7-8-16-17(9-13)26-11-25-16/h3-9,12H,10-11H2,1-2H3,(H,20,23)(H,21,22). The summed E-state index contributed by atoms with van der Waals surface area (Å²) in [6.07, 6.45) is 0. The Kier molecular flexibility index (Phi) is 5.26.